The fourth-order valence-electron chi connectivity index (χ4n) is 2.25. The van der Waals surface area contributed by atoms with Crippen molar-refractivity contribution in [2.45, 2.75) is 0 Å². The fraction of sp³-hybridized carbons (Fsp3) is 0.0588. The zero-order valence-corrected chi connectivity index (χ0v) is 16.8. The summed E-state index contributed by atoms with van der Waals surface area (Å²) >= 11 is 16.0. The molecule has 1 N–H and O–H groups in total. The van der Waals surface area contributed by atoms with E-state index in [2.05, 4.69) is 15.9 Å². The van der Waals surface area contributed by atoms with Crippen molar-refractivity contribution in [3.05, 3.63) is 56.4 Å². The zero-order valence-electron chi connectivity index (χ0n) is 12.8. The molecule has 0 spiro atoms. The average molecular weight is 457 g/mol. The van der Waals surface area contributed by atoms with Crippen molar-refractivity contribution in [1.29, 1.82) is 0 Å². The summed E-state index contributed by atoms with van der Waals surface area (Å²) in [6.07, 6.45) is 1.73. The number of halogens is 2. The molecule has 25 heavy (non-hydrogen) atoms. The Morgan fingerprint density at radius 1 is 1.32 bits per heavy atom. The molecular formula is C17H11BrClNO3S2. The van der Waals surface area contributed by atoms with Gasteiger partial charge in [-0.1, -0.05) is 41.6 Å². The van der Waals surface area contributed by atoms with Crippen molar-refractivity contribution in [2.75, 3.05) is 12.0 Å². The van der Waals surface area contributed by atoms with Gasteiger partial charge in [0, 0.05) is 0 Å². The van der Waals surface area contributed by atoms with E-state index in [1.54, 1.807) is 42.5 Å². The first-order valence-corrected chi connectivity index (χ1v) is 9.40. The van der Waals surface area contributed by atoms with Crippen molar-refractivity contribution >= 4 is 73.5 Å². The second kappa shape index (κ2) is 7.37. The van der Waals surface area contributed by atoms with Crippen LogP contribution in [0.4, 0.5) is 5.69 Å². The molecular weight excluding hydrogens is 446 g/mol. The van der Waals surface area contributed by atoms with Gasteiger partial charge in [-0.3, -0.25) is 9.69 Å². The maximum Gasteiger partial charge on any atom is 0.270 e. The second-order valence-corrected chi connectivity index (χ2v) is 7.98. The van der Waals surface area contributed by atoms with Crippen LogP contribution >= 0.6 is 51.5 Å². The number of carbonyl (C=O) groups excluding carboxylic acids is 1. The second-order valence-electron chi connectivity index (χ2n) is 5.05. The summed E-state index contributed by atoms with van der Waals surface area (Å²) in [5, 5.41) is 9.97. The SMILES string of the molecule is COc1ccc(N2C(=O)C(=Cc3ccc(O)c(Br)c3)SC2=S)cc1Cl. The maximum absolute atomic E-state index is 12.8. The highest BCUT2D eigenvalue weighted by Gasteiger charge is 2.33. The number of nitrogens with zero attached hydrogens (tertiary/aromatic N) is 1. The topological polar surface area (TPSA) is 49.8 Å². The molecule has 3 rings (SSSR count). The molecule has 0 unspecified atom stereocenters. The quantitative estimate of drug-likeness (QED) is 0.507. The Morgan fingerprint density at radius 2 is 2.08 bits per heavy atom. The number of benzene rings is 2. The van der Waals surface area contributed by atoms with Crippen molar-refractivity contribution < 1.29 is 14.6 Å². The first-order valence-electron chi connectivity index (χ1n) is 7.00. The minimum atomic E-state index is -0.222. The Hall–Kier alpha value is -1.54. The molecule has 2 aromatic carbocycles. The molecule has 0 radical (unpaired) electrons. The lowest BCUT2D eigenvalue weighted by Crippen LogP contribution is -2.27. The first-order chi connectivity index (χ1) is 11.9. The number of ether oxygens (including phenoxy) is 1. The van der Waals surface area contributed by atoms with Crippen LogP contribution in [0.2, 0.25) is 5.02 Å². The molecule has 2 aromatic rings. The van der Waals surface area contributed by atoms with Gasteiger partial charge in [0.25, 0.3) is 5.91 Å². The van der Waals surface area contributed by atoms with Gasteiger partial charge in [0.1, 0.15) is 11.5 Å². The minimum absolute atomic E-state index is 0.137. The Morgan fingerprint density at radius 3 is 2.72 bits per heavy atom. The predicted octanol–water partition coefficient (Wildman–Crippen LogP) is 5.22. The molecule has 1 amide bonds. The highest BCUT2D eigenvalue weighted by atomic mass is 79.9. The van der Waals surface area contributed by atoms with Crippen LogP contribution in [-0.2, 0) is 4.79 Å². The van der Waals surface area contributed by atoms with Crippen LogP contribution in [-0.4, -0.2) is 22.4 Å². The summed E-state index contributed by atoms with van der Waals surface area (Å²) in [5.74, 6) is 0.443. The van der Waals surface area contributed by atoms with E-state index >= 15 is 0 Å². The Balaban J connectivity index is 1.93. The standard InChI is InChI=1S/C17H11BrClNO3S2/c1-23-14-5-3-10(8-12(14)19)20-16(22)15(25-17(20)24)7-9-2-4-13(21)11(18)6-9/h2-8,21H,1H3. The highest BCUT2D eigenvalue weighted by Crippen LogP contribution is 2.38. The molecule has 1 fully saturated rings. The molecule has 0 atom stereocenters. The van der Waals surface area contributed by atoms with E-state index in [1.165, 1.54) is 23.8 Å². The summed E-state index contributed by atoms with van der Waals surface area (Å²) in [5.41, 5.74) is 1.36. The number of anilines is 1. The molecule has 4 nitrogen and oxygen atoms in total. The van der Waals surface area contributed by atoms with Gasteiger partial charge >= 0.3 is 0 Å². The molecule has 1 aliphatic rings. The molecule has 0 saturated carbocycles. The lowest BCUT2D eigenvalue weighted by Gasteiger charge is -2.15. The normalized spacial score (nSPS) is 16.0. The number of methoxy groups -OCH3 is 1. The van der Waals surface area contributed by atoms with Crippen LogP contribution in [0.3, 0.4) is 0 Å². The predicted molar refractivity (Wildman–Crippen MR) is 109 cm³/mol. The van der Waals surface area contributed by atoms with Crippen molar-refractivity contribution in [2.24, 2.45) is 0 Å². The molecule has 0 bridgehead atoms. The van der Waals surface area contributed by atoms with Gasteiger partial charge in [-0.05, 0) is 57.9 Å². The smallest absolute Gasteiger partial charge is 0.270 e. The van der Waals surface area contributed by atoms with Crippen molar-refractivity contribution in [3.63, 3.8) is 0 Å². The minimum Gasteiger partial charge on any atom is -0.507 e. The highest BCUT2D eigenvalue weighted by molar-refractivity contribution is 9.10. The van der Waals surface area contributed by atoms with Crippen molar-refractivity contribution in [1.82, 2.24) is 0 Å². The summed E-state index contributed by atoms with van der Waals surface area (Å²) in [6.45, 7) is 0. The van der Waals surface area contributed by atoms with Crippen LogP contribution in [0.5, 0.6) is 11.5 Å². The van der Waals surface area contributed by atoms with Crippen LogP contribution in [0, 0.1) is 0 Å². The van der Waals surface area contributed by atoms with Gasteiger partial charge in [0.2, 0.25) is 0 Å². The van der Waals surface area contributed by atoms with Gasteiger partial charge in [0.05, 0.1) is 27.2 Å². The van der Waals surface area contributed by atoms with Gasteiger partial charge in [-0.15, -0.1) is 0 Å². The van der Waals surface area contributed by atoms with Crippen LogP contribution < -0.4 is 9.64 Å². The van der Waals surface area contributed by atoms with Crippen molar-refractivity contribution in [3.8, 4) is 11.5 Å². The number of aromatic hydroxyl groups is 1. The van der Waals surface area contributed by atoms with E-state index in [9.17, 15) is 9.90 Å². The average Bonchev–Trinajstić information content (AvgIpc) is 2.85. The van der Waals surface area contributed by atoms with E-state index < -0.39 is 0 Å². The Labute approximate surface area is 167 Å². The summed E-state index contributed by atoms with van der Waals surface area (Å²) in [7, 11) is 1.53. The number of hydrogen-bond donors (Lipinski definition) is 1. The summed E-state index contributed by atoms with van der Waals surface area (Å²) in [6, 6.07) is 10.1. The zero-order chi connectivity index (χ0) is 18.1. The molecule has 1 saturated heterocycles. The monoisotopic (exact) mass is 455 g/mol. The fourth-order valence-corrected chi connectivity index (χ4v) is 4.20. The molecule has 0 aliphatic carbocycles. The number of phenolic OH excluding ortho intramolecular Hbond substituents is 1. The number of thioether (sulfide) groups is 1. The number of thiocarbonyl (C=S) groups is 1. The van der Waals surface area contributed by atoms with Crippen LogP contribution in [0.25, 0.3) is 6.08 Å². The summed E-state index contributed by atoms with van der Waals surface area (Å²) in [4.78, 5) is 14.7. The first kappa shape index (κ1) is 18.3. The van der Waals surface area contributed by atoms with Gasteiger partial charge in [0.15, 0.2) is 4.32 Å². The number of amides is 1. The van der Waals surface area contributed by atoms with E-state index in [4.69, 9.17) is 28.6 Å². The molecule has 1 heterocycles. The largest absolute Gasteiger partial charge is 0.507 e. The summed E-state index contributed by atoms with van der Waals surface area (Å²) < 4.78 is 6.11. The Kier molecular flexibility index (Phi) is 5.38. The number of carbonyl (C=O) groups is 1. The number of rotatable bonds is 3. The third-order valence-corrected chi connectivity index (χ3v) is 5.69. The molecule has 0 aromatic heterocycles. The molecule has 1 aliphatic heterocycles. The van der Waals surface area contributed by atoms with E-state index in [1.807, 2.05) is 0 Å². The van der Waals surface area contributed by atoms with Gasteiger partial charge in [-0.2, -0.15) is 0 Å². The lowest BCUT2D eigenvalue weighted by atomic mass is 10.2. The number of hydrogen-bond acceptors (Lipinski definition) is 5. The van der Waals surface area contributed by atoms with Gasteiger partial charge < -0.3 is 9.84 Å². The molecule has 128 valence electrons. The lowest BCUT2D eigenvalue weighted by molar-refractivity contribution is -0.113. The third-order valence-electron chi connectivity index (χ3n) is 3.46. The molecule has 8 heteroatoms. The van der Waals surface area contributed by atoms with Crippen LogP contribution in [0.1, 0.15) is 5.56 Å². The Bertz CT molecular complexity index is 917. The third kappa shape index (κ3) is 3.69. The number of phenols is 1. The van der Waals surface area contributed by atoms with E-state index in [0.29, 0.717) is 30.2 Å². The van der Waals surface area contributed by atoms with Crippen LogP contribution in [0.15, 0.2) is 45.8 Å². The van der Waals surface area contributed by atoms with E-state index in [-0.39, 0.29) is 11.7 Å². The van der Waals surface area contributed by atoms with E-state index in [0.717, 1.165) is 5.56 Å². The van der Waals surface area contributed by atoms with Gasteiger partial charge in [-0.25, -0.2) is 0 Å². The maximum atomic E-state index is 12.8.